The van der Waals surface area contributed by atoms with E-state index in [1.165, 1.54) is 0 Å². The molecule has 0 spiro atoms. The van der Waals surface area contributed by atoms with Crippen LogP contribution in [0.5, 0.6) is 5.75 Å². The van der Waals surface area contributed by atoms with E-state index in [2.05, 4.69) is 5.32 Å². The number of hydrogen-bond donors (Lipinski definition) is 2. The molecule has 4 nitrogen and oxygen atoms in total. The molecule has 0 radical (unpaired) electrons. The summed E-state index contributed by atoms with van der Waals surface area (Å²) in [5, 5.41) is 13.0. The Hall–Kier alpha value is -2.04. The number of halogens is 1. The van der Waals surface area contributed by atoms with Crippen LogP contribution in [-0.4, -0.2) is 18.2 Å². The highest BCUT2D eigenvalue weighted by Crippen LogP contribution is 2.23. The van der Waals surface area contributed by atoms with Gasteiger partial charge in [-0.15, -0.1) is 0 Å². The standard InChI is InChI=1S/C16H16ClNO3/c1-21-14-8-7-13(17)9-12(14)10-18-15(16(19)20)11-5-3-2-4-6-11/h2-9,15,18H,10H2,1H3,(H,19,20). The predicted molar refractivity (Wildman–Crippen MR) is 81.7 cm³/mol. The Balaban J connectivity index is 2.16. The van der Waals surface area contributed by atoms with Crippen LogP contribution in [0.1, 0.15) is 17.2 Å². The summed E-state index contributed by atoms with van der Waals surface area (Å²) in [6.45, 7) is 0.343. The first kappa shape index (κ1) is 15.4. The van der Waals surface area contributed by atoms with Crippen molar-refractivity contribution in [2.75, 3.05) is 7.11 Å². The van der Waals surface area contributed by atoms with E-state index in [4.69, 9.17) is 16.3 Å². The van der Waals surface area contributed by atoms with Gasteiger partial charge in [0.1, 0.15) is 11.8 Å². The van der Waals surface area contributed by atoms with Crippen LogP contribution in [-0.2, 0) is 11.3 Å². The molecule has 0 aliphatic carbocycles. The third-order valence-corrected chi connectivity index (χ3v) is 3.35. The Morgan fingerprint density at radius 3 is 2.62 bits per heavy atom. The van der Waals surface area contributed by atoms with Crippen LogP contribution in [0.3, 0.4) is 0 Å². The summed E-state index contributed by atoms with van der Waals surface area (Å²) in [6.07, 6.45) is 0. The molecular weight excluding hydrogens is 290 g/mol. The Bertz CT molecular complexity index is 616. The highest BCUT2D eigenvalue weighted by molar-refractivity contribution is 6.30. The highest BCUT2D eigenvalue weighted by Gasteiger charge is 2.19. The Kier molecular flexibility index (Phi) is 5.20. The van der Waals surface area contributed by atoms with E-state index in [0.29, 0.717) is 22.9 Å². The van der Waals surface area contributed by atoms with E-state index in [9.17, 15) is 9.90 Å². The zero-order chi connectivity index (χ0) is 15.2. The van der Waals surface area contributed by atoms with Crippen LogP contribution >= 0.6 is 11.6 Å². The molecule has 0 bridgehead atoms. The summed E-state index contributed by atoms with van der Waals surface area (Å²) < 4.78 is 5.25. The van der Waals surface area contributed by atoms with Crippen LogP contribution in [0.25, 0.3) is 0 Å². The molecule has 0 heterocycles. The van der Waals surface area contributed by atoms with E-state index in [0.717, 1.165) is 5.56 Å². The zero-order valence-corrected chi connectivity index (χ0v) is 12.3. The van der Waals surface area contributed by atoms with Crippen molar-refractivity contribution in [2.45, 2.75) is 12.6 Å². The molecule has 0 aliphatic rings. The SMILES string of the molecule is COc1ccc(Cl)cc1CNC(C(=O)O)c1ccccc1. The fraction of sp³-hybridized carbons (Fsp3) is 0.188. The monoisotopic (exact) mass is 305 g/mol. The second kappa shape index (κ2) is 7.11. The van der Waals surface area contributed by atoms with Gasteiger partial charge in [0.2, 0.25) is 0 Å². The summed E-state index contributed by atoms with van der Waals surface area (Å²) in [5.74, 6) is -0.258. The molecular formula is C16H16ClNO3. The second-order valence-electron chi connectivity index (χ2n) is 4.52. The van der Waals surface area contributed by atoms with Gasteiger partial charge in [-0.2, -0.15) is 0 Å². The number of aliphatic carboxylic acids is 1. The van der Waals surface area contributed by atoms with Gasteiger partial charge in [0.05, 0.1) is 7.11 Å². The molecule has 0 fully saturated rings. The number of rotatable bonds is 6. The van der Waals surface area contributed by atoms with Gasteiger partial charge in [0.25, 0.3) is 0 Å². The zero-order valence-electron chi connectivity index (χ0n) is 11.5. The van der Waals surface area contributed by atoms with E-state index >= 15 is 0 Å². The maximum atomic E-state index is 11.4. The maximum Gasteiger partial charge on any atom is 0.325 e. The van der Waals surface area contributed by atoms with Crippen molar-refractivity contribution in [1.29, 1.82) is 0 Å². The molecule has 0 saturated heterocycles. The van der Waals surface area contributed by atoms with Gasteiger partial charge in [-0.05, 0) is 23.8 Å². The van der Waals surface area contributed by atoms with Gasteiger partial charge in [0.15, 0.2) is 0 Å². The van der Waals surface area contributed by atoms with Gasteiger partial charge in [-0.1, -0.05) is 41.9 Å². The predicted octanol–water partition coefficient (Wildman–Crippen LogP) is 3.26. The molecule has 0 saturated carbocycles. The normalized spacial score (nSPS) is 11.9. The quantitative estimate of drug-likeness (QED) is 0.860. The van der Waals surface area contributed by atoms with Crippen LogP contribution < -0.4 is 10.1 Å². The van der Waals surface area contributed by atoms with Gasteiger partial charge < -0.3 is 9.84 Å². The van der Waals surface area contributed by atoms with E-state index in [1.54, 1.807) is 37.4 Å². The Morgan fingerprint density at radius 1 is 1.29 bits per heavy atom. The average molecular weight is 306 g/mol. The van der Waals surface area contributed by atoms with Crippen molar-refractivity contribution in [1.82, 2.24) is 5.32 Å². The third-order valence-electron chi connectivity index (χ3n) is 3.12. The summed E-state index contributed by atoms with van der Waals surface area (Å²) in [7, 11) is 1.57. The van der Waals surface area contributed by atoms with E-state index in [-0.39, 0.29) is 0 Å². The van der Waals surface area contributed by atoms with Gasteiger partial charge in [0, 0.05) is 17.1 Å². The lowest BCUT2D eigenvalue weighted by Crippen LogP contribution is -2.28. The minimum atomic E-state index is -0.929. The van der Waals surface area contributed by atoms with Crippen molar-refractivity contribution in [3.05, 3.63) is 64.7 Å². The second-order valence-corrected chi connectivity index (χ2v) is 4.96. The molecule has 2 rings (SSSR count). The minimum Gasteiger partial charge on any atom is -0.496 e. The minimum absolute atomic E-state index is 0.343. The number of hydrogen-bond acceptors (Lipinski definition) is 3. The lowest BCUT2D eigenvalue weighted by molar-refractivity contribution is -0.139. The number of ether oxygens (including phenoxy) is 1. The number of carbonyl (C=O) groups is 1. The van der Waals surface area contributed by atoms with Gasteiger partial charge in [-0.25, -0.2) is 0 Å². The summed E-state index contributed by atoms with van der Waals surface area (Å²) >= 11 is 5.97. The topological polar surface area (TPSA) is 58.6 Å². The lowest BCUT2D eigenvalue weighted by atomic mass is 10.1. The Morgan fingerprint density at radius 2 is 2.00 bits per heavy atom. The third kappa shape index (κ3) is 3.97. The molecule has 5 heteroatoms. The van der Waals surface area contributed by atoms with Crippen LogP contribution in [0, 0.1) is 0 Å². The summed E-state index contributed by atoms with van der Waals surface area (Å²) in [4.78, 5) is 11.4. The lowest BCUT2D eigenvalue weighted by Gasteiger charge is -2.16. The molecule has 2 aromatic rings. The number of carboxylic acids is 1. The molecule has 21 heavy (non-hydrogen) atoms. The first-order valence-electron chi connectivity index (χ1n) is 6.45. The fourth-order valence-corrected chi connectivity index (χ4v) is 2.29. The molecule has 2 aromatic carbocycles. The van der Waals surface area contributed by atoms with E-state index < -0.39 is 12.0 Å². The number of carboxylic acid groups (broad SMARTS) is 1. The first-order chi connectivity index (χ1) is 10.1. The molecule has 110 valence electrons. The van der Waals surface area contributed by atoms with Crippen molar-refractivity contribution in [2.24, 2.45) is 0 Å². The van der Waals surface area contributed by atoms with Crippen LogP contribution in [0.15, 0.2) is 48.5 Å². The molecule has 2 N–H and O–H groups in total. The molecule has 1 unspecified atom stereocenters. The number of nitrogens with one attached hydrogen (secondary N) is 1. The van der Waals surface area contributed by atoms with Gasteiger partial charge in [-0.3, -0.25) is 10.1 Å². The van der Waals surface area contributed by atoms with Crippen molar-refractivity contribution in [3.63, 3.8) is 0 Å². The summed E-state index contributed by atoms with van der Waals surface area (Å²) in [5.41, 5.74) is 1.51. The van der Waals surface area contributed by atoms with Crippen LogP contribution in [0.4, 0.5) is 0 Å². The van der Waals surface area contributed by atoms with Crippen molar-refractivity contribution in [3.8, 4) is 5.75 Å². The largest absolute Gasteiger partial charge is 0.496 e. The van der Waals surface area contributed by atoms with E-state index in [1.807, 2.05) is 18.2 Å². The maximum absolute atomic E-state index is 11.4. The molecule has 0 aliphatic heterocycles. The number of benzene rings is 2. The highest BCUT2D eigenvalue weighted by atomic mass is 35.5. The molecule has 0 aromatic heterocycles. The Labute approximate surface area is 128 Å². The van der Waals surface area contributed by atoms with Crippen molar-refractivity contribution >= 4 is 17.6 Å². The number of methoxy groups -OCH3 is 1. The first-order valence-corrected chi connectivity index (χ1v) is 6.83. The molecule has 1 atom stereocenters. The van der Waals surface area contributed by atoms with Gasteiger partial charge >= 0.3 is 5.97 Å². The summed E-state index contributed by atoms with van der Waals surface area (Å²) in [6, 6.07) is 13.5. The van der Waals surface area contributed by atoms with Crippen molar-refractivity contribution < 1.29 is 14.6 Å². The smallest absolute Gasteiger partial charge is 0.325 e. The van der Waals surface area contributed by atoms with Crippen LogP contribution in [0.2, 0.25) is 5.02 Å². The average Bonchev–Trinajstić information content (AvgIpc) is 2.48. The fourth-order valence-electron chi connectivity index (χ4n) is 2.09. The molecule has 0 amide bonds.